The maximum Gasteiger partial charge on any atom is 0.183 e. The van der Waals surface area contributed by atoms with Crippen LogP contribution in [-0.2, 0) is 17.6 Å². The van der Waals surface area contributed by atoms with Gasteiger partial charge in [-0.15, -0.1) is 11.3 Å². The largest absolute Gasteiger partial charge is 0.378 e. The highest BCUT2D eigenvalue weighted by Gasteiger charge is 2.38. The summed E-state index contributed by atoms with van der Waals surface area (Å²) in [5.74, 6) is 2.25. The van der Waals surface area contributed by atoms with Gasteiger partial charge in [-0.05, 0) is 56.9 Å². The smallest absolute Gasteiger partial charge is 0.183 e. The first kappa shape index (κ1) is 17.7. The van der Waals surface area contributed by atoms with Crippen molar-refractivity contribution in [1.29, 1.82) is 0 Å². The first-order valence-corrected chi connectivity index (χ1v) is 11.7. The Morgan fingerprint density at radius 3 is 2.93 bits per heavy atom. The second kappa shape index (κ2) is 7.29. The Hall–Kier alpha value is -2.12. The number of thiophene rings is 1. The number of anilines is 1. The third-order valence-corrected chi connectivity index (χ3v) is 7.90. The van der Waals surface area contributed by atoms with Crippen LogP contribution in [0.1, 0.15) is 49.0 Å². The number of hydrogen-bond acceptors (Lipinski definition) is 7. The first-order valence-electron chi connectivity index (χ1n) is 10.8. The quantitative estimate of drug-likeness (QED) is 0.694. The molecule has 2 aliphatic carbocycles. The van der Waals surface area contributed by atoms with Crippen molar-refractivity contribution >= 4 is 27.4 Å². The summed E-state index contributed by atoms with van der Waals surface area (Å²) in [7, 11) is 0. The van der Waals surface area contributed by atoms with Gasteiger partial charge in [0.25, 0.3) is 0 Å². The fraction of sp³-hybridized carbons (Fsp3) is 0.545. The molecule has 3 aromatic rings. The molecule has 150 valence electrons. The molecule has 7 heteroatoms. The van der Waals surface area contributed by atoms with E-state index >= 15 is 0 Å². The van der Waals surface area contributed by atoms with E-state index in [0.29, 0.717) is 23.9 Å². The number of hydrogen-bond donors (Lipinski definition) is 1. The van der Waals surface area contributed by atoms with Crippen LogP contribution in [0.4, 0.5) is 5.82 Å². The van der Waals surface area contributed by atoms with Gasteiger partial charge >= 0.3 is 0 Å². The van der Waals surface area contributed by atoms with Crippen LogP contribution < -0.4 is 5.32 Å². The van der Waals surface area contributed by atoms with Crippen LogP contribution in [0.3, 0.4) is 0 Å². The fourth-order valence-corrected chi connectivity index (χ4v) is 6.58. The number of ether oxygens (including phenoxy) is 1. The third-order valence-electron chi connectivity index (χ3n) is 6.71. The number of nitrogens with zero attached hydrogens (tertiary/aromatic N) is 4. The summed E-state index contributed by atoms with van der Waals surface area (Å²) < 4.78 is 5.99. The average Bonchev–Trinajstić information content (AvgIpc) is 3.39. The molecule has 0 radical (unpaired) electrons. The van der Waals surface area contributed by atoms with Crippen molar-refractivity contribution in [2.24, 2.45) is 5.92 Å². The van der Waals surface area contributed by atoms with Gasteiger partial charge in [-0.1, -0.05) is 0 Å². The summed E-state index contributed by atoms with van der Waals surface area (Å²) in [5.41, 5.74) is 2.20. The summed E-state index contributed by atoms with van der Waals surface area (Å²) in [6.07, 6.45) is 15.1. The summed E-state index contributed by atoms with van der Waals surface area (Å²) in [4.78, 5) is 21.2. The Balaban J connectivity index is 1.46. The molecule has 2 fully saturated rings. The average molecular weight is 408 g/mol. The van der Waals surface area contributed by atoms with Gasteiger partial charge in [0.05, 0.1) is 17.7 Å². The topological polar surface area (TPSA) is 72.8 Å². The zero-order valence-electron chi connectivity index (χ0n) is 16.4. The third kappa shape index (κ3) is 3.11. The molecule has 3 aliphatic rings. The van der Waals surface area contributed by atoms with Crippen LogP contribution in [-0.4, -0.2) is 38.7 Å². The second-order valence-corrected chi connectivity index (χ2v) is 9.50. The zero-order chi connectivity index (χ0) is 19.2. The van der Waals surface area contributed by atoms with E-state index in [9.17, 15) is 0 Å². The van der Waals surface area contributed by atoms with E-state index in [4.69, 9.17) is 14.7 Å². The molecule has 0 amide bonds. The van der Waals surface area contributed by atoms with Crippen molar-refractivity contribution < 1.29 is 4.74 Å². The standard InChI is InChI=1S/C22H25N5OS/c1-2-7-18-14(4-1)19-21(25-15-5-3-6-17-13(15)8-11-28-17)26-20(27-22(19)29-18)16-12-23-9-10-24-16/h9-10,12-13,15,17H,1-8,11H2,(H,25,26,27). The van der Waals surface area contributed by atoms with Crippen LogP contribution >= 0.6 is 11.3 Å². The minimum Gasteiger partial charge on any atom is -0.378 e. The number of rotatable bonds is 3. The molecule has 1 aliphatic heterocycles. The minimum absolute atomic E-state index is 0.412. The van der Waals surface area contributed by atoms with Crippen molar-refractivity contribution in [3.05, 3.63) is 29.0 Å². The summed E-state index contributed by atoms with van der Waals surface area (Å²) in [5, 5.41) is 5.12. The Bertz CT molecular complexity index is 1040. The van der Waals surface area contributed by atoms with E-state index in [1.165, 1.54) is 47.9 Å². The number of aryl methyl sites for hydroxylation is 2. The molecule has 3 aromatic heterocycles. The van der Waals surface area contributed by atoms with Gasteiger partial charge in [0, 0.05) is 35.8 Å². The number of nitrogens with one attached hydrogen (secondary N) is 1. The molecule has 4 heterocycles. The lowest BCUT2D eigenvalue weighted by Gasteiger charge is -2.33. The Morgan fingerprint density at radius 1 is 1.03 bits per heavy atom. The van der Waals surface area contributed by atoms with E-state index in [1.807, 2.05) is 11.3 Å². The normalized spacial score (nSPS) is 26.3. The summed E-state index contributed by atoms with van der Waals surface area (Å²) in [6.45, 7) is 0.894. The molecule has 3 unspecified atom stereocenters. The lowest BCUT2D eigenvalue weighted by Crippen LogP contribution is -2.38. The zero-order valence-corrected chi connectivity index (χ0v) is 17.2. The molecular weight excluding hydrogens is 382 g/mol. The minimum atomic E-state index is 0.412. The SMILES string of the molecule is c1cnc(-c2nc(NC3CCCC4OCCC34)c3c4c(sc3n2)CCCC4)cn1. The molecule has 0 aromatic carbocycles. The fourth-order valence-electron chi connectivity index (χ4n) is 5.32. The van der Waals surface area contributed by atoms with Gasteiger partial charge in [-0.3, -0.25) is 4.98 Å². The van der Waals surface area contributed by atoms with Crippen molar-refractivity contribution in [3.63, 3.8) is 0 Å². The highest BCUT2D eigenvalue weighted by atomic mass is 32.1. The number of fused-ring (bicyclic) bond motifs is 4. The van der Waals surface area contributed by atoms with Crippen LogP contribution in [0.25, 0.3) is 21.7 Å². The second-order valence-electron chi connectivity index (χ2n) is 8.42. The van der Waals surface area contributed by atoms with Crippen molar-refractivity contribution in [2.45, 2.75) is 63.5 Å². The van der Waals surface area contributed by atoms with Gasteiger partial charge in [0.2, 0.25) is 0 Å². The van der Waals surface area contributed by atoms with Crippen LogP contribution in [0.15, 0.2) is 18.6 Å². The molecule has 6 nitrogen and oxygen atoms in total. The first-order chi connectivity index (χ1) is 14.4. The molecule has 6 rings (SSSR count). The summed E-state index contributed by atoms with van der Waals surface area (Å²) >= 11 is 1.84. The van der Waals surface area contributed by atoms with Crippen molar-refractivity contribution in [1.82, 2.24) is 19.9 Å². The van der Waals surface area contributed by atoms with Crippen LogP contribution in [0.5, 0.6) is 0 Å². The number of aromatic nitrogens is 4. The van der Waals surface area contributed by atoms with E-state index in [1.54, 1.807) is 18.6 Å². The van der Waals surface area contributed by atoms with Gasteiger partial charge in [0.1, 0.15) is 16.3 Å². The van der Waals surface area contributed by atoms with E-state index in [2.05, 4.69) is 15.3 Å². The summed E-state index contributed by atoms with van der Waals surface area (Å²) in [6, 6.07) is 0.420. The highest BCUT2D eigenvalue weighted by molar-refractivity contribution is 7.19. The lowest BCUT2D eigenvalue weighted by molar-refractivity contribution is 0.0620. The predicted octanol–water partition coefficient (Wildman–Crippen LogP) is 4.40. The molecule has 1 N–H and O–H groups in total. The molecule has 1 saturated carbocycles. The van der Waals surface area contributed by atoms with E-state index in [-0.39, 0.29) is 0 Å². The van der Waals surface area contributed by atoms with Gasteiger partial charge in [-0.25, -0.2) is 15.0 Å². The van der Waals surface area contributed by atoms with Crippen molar-refractivity contribution in [3.8, 4) is 11.5 Å². The lowest BCUT2D eigenvalue weighted by atomic mass is 9.81. The molecule has 29 heavy (non-hydrogen) atoms. The maximum atomic E-state index is 5.99. The maximum absolute atomic E-state index is 5.99. The molecular formula is C22H25N5OS. The Labute approximate surface area is 174 Å². The van der Waals surface area contributed by atoms with E-state index < -0.39 is 0 Å². The van der Waals surface area contributed by atoms with Crippen LogP contribution in [0, 0.1) is 5.92 Å². The Morgan fingerprint density at radius 2 is 2.00 bits per heavy atom. The highest BCUT2D eigenvalue weighted by Crippen LogP contribution is 2.41. The van der Waals surface area contributed by atoms with Gasteiger partial charge < -0.3 is 10.1 Å². The monoisotopic (exact) mass is 407 g/mol. The molecule has 0 bridgehead atoms. The van der Waals surface area contributed by atoms with Gasteiger partial charge in [0.15, 0.2) is 5.82 Å². The van der Waals surface area contributed by atoms with Crippen molar-refractivity contribution in [2.75, 3.05) is 11.9 Å². The van der Waals surface area contributed by atoms with Crippen LogP contribution in [0.2, 0.25) is 0 Å². The molecule has 1 saturated heterocycles. The molecule has 0 spiro atoms. The molecule has 3 atom stereocenters. The van der Waals surface area contributed by atoms with Gasteiger partial charge in [-0.2, -0.15) is 0 Å². The predicted molar refractivity (Wildman–Crippen MR) is 114 cm³/mol. The Kier molecular flexibility index (Phi) is 4.45. The van der Waals surface area contributed by atoms with E-state index in [0.717, 1.165) is 42.2 Å².